The van der Waals surface area contributed by atoms with Crippen molar-refractivity contribution in [1.82, 2.24) is 0 Å². The SMILES string of the molecule is CCSc1ccccc1NC(=O)C(C)Oc1cccc2ccccc12. The molecule has 3 rings (SSSR count). The lowest BCUT2D eigenvalue weighted by molar-refractivity contribution is -0.122. The van der Waals surface area contributed by atoms with Gasteiger partial charge in [0.2, 0.25) is 0 Å². The minimum atomic E-state index is -0.592. The summed E-state index contributed by atoms with van der Waals surface area (Å²) in [5, 5.41) is 5.08. The van der Waals surface area contributed by atoms with E-state index in [2.05, 4.69) is 12.2 Å². The fourth-order valence-electron chi connectivity index (χ4n) is 2.63. The van der Waals surface area contributed by atoms with E-state index < -0.39 is 6.10 Å². The van der Waals surface area contributed by atoms with Crippen molar-refractivity contribution >= 4 is 34.1 Å². The number of hydrogen-bond donors (Lipinski definition) is 1. The molecular weight excluding hydrogens is 330 g/mol. The van der Waals surface area contributed by atoms with Crippen molar-refractivity contribution in [2.75, 3.05) is 11.1 Å². The molecule has 3 aromatic carbocycles. The van der Waals surface area contributed by atoms with Crippen LogP contribution in [0.3, 0.4) is 0 Å². The Labute approximate surface area is 152 Å². The number of para-hydroxylation sites is 1. The Morgan fingerprint density at radius 1 is 1.04 bits per heavy atom. The first-order chi connectivity index (χ1) is 12.2. The van der Waals surface area contributed by atoms with Gasteiger partial charge in [-0.25, -0.2) is 0 Å². The van der Waals surface area contributed by atoms with Gasteiger partial charge in [0, 0.05) is 10.3 Å². The summed E-state index contributed by atoms with van der Waals surface area (Å²) in [6, 6.07) is 21.7. The highest BCUT2D eigenvalue weighted by Gasteiger charge is 2.17. The first kappa shape index (κ1) is 17.4. The van der Waals surface area contributed by atoms with Gasteiger partial charge >= 0.3 is 0 Å². The van der Waals surface area contributed by atoms with Crippen molar-refractivity contribution in [1.29, 1.82) is 0 Å². The lowest BCUT2D eigenvalue weighted by atomic mass is 10.1. The summed E-state index contributed by atoms with van der Waals surface area (Å²) in [6.45, 7) is 3.86. The number of benzene rings is 3. The minimum absolute atomic E-state index is 0.155. The first-order valence-electron chi connectivity index (χ1n) is 8.36. The van der Waals surface area contributed by atoms with Crippen LogP contribution in [0.4, 0.5) is 5.69 Å². The molecule has 0 spiro atoms. The average Bonchev–Trinajstić information content (AvgIpc) is 2.64. The highest BCUT2D eigenvalue weighted by atomic mass is 32.2. The van der Waals surface area contributed by atoms with Crippen LogP contribution < -0.4 is 10.1 Å². The van der Waals surface area contributed by atoms with Crippen molar-refractivity contribution < 1.29 is 9.53 Å². The molecule has 128 valence electrons. The summed E-state index contributed by atoms with van der Waals surface area (Å²) in [4.78, 5) is 13.6. The number of carbonyl (C=O) groups is 1. The molecule has 1 N–H and O–H groups in total. The Hall–Kier alpha value is -2.46. The number of amides is 1. The molecule has 0 heterocycles. The normalized spacial score (nSPS) is 11.9. The van der Waals surface area contributed by atoms with Crippen LogP contribution in [0.1, 0.15) is 13.8 Å². The number of thioether (sulfide) groups is 1. The number of carbonyl (C=O) groups excluding carboxylic acids is 1. The number of anilines is 1. The van der Waals surface area contributed by atoms with Gasteiger partial charge in [-0.2, -0.15) is 0 Å². The molecule has 0 aliphatic carbocycles. The largest absolute Gasteiger partial charge is 0.480 e. The first-order valence-corrected chi connectivity index (χ1v) is 9.34. The Balaban J connectivity index is 1.75. The summed E-state index contributed by atoms with van der Waals surface area (Å²) in [6.07, 6.45) is -0.592. The van der Waals surface area contributed by atoms with E-state index in [1.807, 2.05) is 66.7 Å². The van der Waals surface area contributed by atoms with Crippen LogP contribution in [0, 0.1) is 0 Å². The average molecular weight is 351 g/mol. The molecule has 1 atom stereocenters. The molecule has 25 heavy (non-hydrogen) atoms. The summed E-state index contributed by atoms with van der Waals surface area (Å²) < 4.78 is 5.94. The second-order valence-electron chi connectivity index (χ2n) is 5.66. The van der Waals surface area contributed by atoms with Gasteiger partial charge in [0.15, 0.2) is 6.10 Å². The number of nitrogens with one attached hydrogen (secondary N) is 1. The third-order valence-electron chi connectivity index (χ3n) is 3.87. The molecule has 0 aromatic heterocycles. The van der Waals surface area contributed by atoms with Crippen LogP contribution in [-0.4, -0.2) is 17.8 Å². The highest BCUT2D eigenvalue weighted by Crippen LogP contribution is 2.28. The fraction of sp³-hybridized carbons (Fsp3) is 0.190. The van der Waals surface area contributed by atoms with E-state index in [0.29, 0.717) is 0 Å². The molecule has 0 aliphatic heterocycles. The predicted molar refractivity (Wildman–Crippen MR) is 106 cm³/mol. The molecule has 0 aliphatic rings. The summed E-state index contributed by atoms with van der Waals surface area (Å²) in [5.74, 6) is 1.52. The van der Waals surface area contributed by atoms with E-state index in [4.69, 9.17) is 4.74 Å². The van der Waals surface area contributed by atoms with Crippen molar-refractivity contribution in [2.45, 2.75) is 24.8 Å². The summed E-state index contributed by atoms with van der Waals surface area (Å²) >= 11 is 1.71. The van der Waals surface area contributed by atoms with E-state index in [1.54, 1.807) is 18.7 Å². The number of rotatable bonds is 6. The molecule has 1 amide bonds. The van der Waals surface area contributed by atoms with Gasteiger partial charge in [-0.15, -0.1) is 11.8 Å². The maximum atomic E-state index is 12.6. The zero-order chi connectivity index (χ0) is 17.6. The van der Waals surface area contributed by atoms with E-state index in [0.717, 1.165) is 32.9 Å². The molecule has 4 heteroatoms. The molecule has 0 fully saturated rings. The second-order valence-corrected chi connectivity index (χ2v) is 6.96. The van der Waals surface area contributed by atoms with Crippen molar-refractivity contribution in [2.24, 2.45) is 0 Å². The Morgan fingerprint density at radius 2 is 1.76 bits per heavy atom. The van der Waals surface area contributed by atoms with Gasteiger partial charge in [-0.3, -0.25) is 4.79 Å². The maximum Gasteiger partial charge on any atom is 0.265 e. The van der Waals surface area contributed by atoms with Crippen LogP contribution >= 0.6 is 11.8 Å². The highest BCUT2D eigenvalue weighted by molar-refractivity contribution is 7.99. The molecule has 0 saturated heterocycles. The second kappa shape index (κ2) is 8.08. The lowest BCUT2D eigenvalue weighted by Gasteiger charge is -2.17. The van der Waals surface area contributed by atoms with Crippen molar-refractivity contribution in [3.63, 3.8) is 0 Å². The van der Waals surface area contributed by atoms with Gasteiger partial charge in [-0.05, 0) is 36.3 Å². The van der Waals surface area contributed by atoms with E-state index >= 15 is 0 Å². The third kappa shape index (κ3) is 4.15. The fourth-order valence-corrected chi connectivity index (χ4v) is 3.39. The van der Waals surface area contributed by atoms with Gasteiger partial charge in [0.25, 0.3) is 5.91 Å². The van der Waals surface area contributed by atoms with Crippen LogP contribution in [0.5, 0.6) is 5.75 Å². The quantitative estimate of drug-likeness (QED) is 0.608. The lowest BCUT2D eigenvalue weighted by Crippen LogP contribution is -2.30. The monoisotopic (exact) mass is 351 g/mol. The van der Waals surface area contributed by atoms with Crippen LogP contribution in [0.2, 0.25) is 0 Å². The number of fused-ring (bicyclic) bond motifs is 1. The molecule has 3 nitrogen and oxygen atoms in total. The van der Waals surface area contributed by atoms with E-state index in [1.165, 1.54) is 0 Å². The molecular formula is C21H21NO2S. The topological polar surface area (TPSA) is 38.3 Å². The molecule has 1 unspecified atom stereocenters. The maximum absolute atomic E-state index is 12.6. The zero-order valence-corrected chi connectivity index (χ0v) is 15.2. The molecule has 3 aromatic rings. The Morgan fingerprint density at radius 3 is 2.60 bits per heavy atom. The number of hydrogen-bond acceptors (Lipinski definition) is 3. The van der Waals surface area contributed by atoms with E-state index in [-0.39, 0.29) is 5.91 Å². The van der Waals surface area contributed by atoms with Gasteiger partial charge in [0.1, 0.15) is 5.75 Å². The smallest absolute Gasteiger partial charge is 0.265 e. The third-order valence-corrected chi connectivity index (χ3v) is 4.82. The van der Waals surface area contributed by atoms with Gasteiger partial charge in [0.05, 0.1) is 5.69 Å². The molecule has 0 radical (unpaired) electrons. The molecule has 0 saturated carbocycles. The Kier molecular flexibility index (Phi) is 5.61. The van der Waals surface area contributed by atoms with Gasteiger partial charge in [-0.1, -0.05) is 55.5 Å². The van der Waals surface area contributed by atoms with Crippen molar-refractivity contribution in [3.8, 4) is 5.75 Å². The predicted octanol–water partition coefficient (Wildman–Crippen LogP) is 5.36. The number of ether oxygens (including phenoxy) is 1. The summed E-state index contributed by atoms with van der Waals surface area (Å²) in [5.41, 5.74) is 0.827. The summed E-state index contributed by atoms with van der Waals surface area (Å²) in [7, 11) is 0. The zero-order valence-electron chi connectivity index (χ0n) is 14.4. The molecule has 0 bridgehead atoms. The Bertz CT molecular complexity index is 873. The van der Waals surface area contributed by atoms with E-state index in [9.17, 15) is 4.79 Å². The van der Waals surface area contributed by atoms with Crippen LogP contribution in [-0.2, 0) is 4.79 Å². The van der Waals surface area contributed by atoms with Crippen molar-refractivity contribution in [3.05, 3.63) is 66.7 Å². The minimum Gasteiger partial charge on any atom is -0.480 e. The standard InChI is InChI=1S/C21H21NO2S/c1-3-25-20-14-7-6-12-18(20)22-21(23)15(2)24-19-13-8-10-16-9-4-5-11-17(16)19/h4-15H,3H2,1-2H3,(H,22,23). The van der Waals surface area contributed by atoms with Gasteiger partial charge < -0.3 is 10.1 Å². The van der Waals surface area contributed by atoms with Crippen LogP contribution in [0.25, 0.3) is 10.8 Å². The van der Waals surface area contributed by atoms with Crippen LogP contribution in [0.15, 0.2) is 71.6 Å².